The van der Waals surface area contributed by atoms with Gasteiger partial charge in [0.25, 0.3) is 0 Å². The Hall–Kier alpha value is -1.92. The van der Waals surface area contributed by atoms with Crippen LogP contribution in [0, 0.1) is 0 Å². The number of benzene rings is 1. The zero-order chi connectivity index (χ0) is 14.3. The standard InChI is InChI=1S/C13H18N2O4/c1-3-19-13(17)9-4-6-10(7-5-9)15-12(16)11(14)8-18-2/h4-7,11H,3,8,14H2,1-2H3,(H,15,16). The van der Waals surface area contributed by atoms with Gasteiger partial charge in [0, 0.05) is 12.8 Å². The Kier molecular flexibility index (Phi) is 5.98. The van der Waals surface area contributed by atoms with Crippen molar-refractivity contribution >= 4 is 17.6 Å². The number of anilines is 1. The van der Waals surface area contributed by atoms with Crippen molar-refractivity contribution in [3.05, 3.63) is 29.8 Å². The number of hydrogen-bond donors (Lipinski definition) is 2. The highest BCUT2D eigenvalue weighted by atomic mass is 16.5. The molecule has 1 rings (SSSR count). The Labute approximate surface area is 111 Å². The molecule has 0 aromatic heterocycles. The topological polar surface area (TPSA) is 90.7 Å². The molecule has 1 atom stereocenters. The number of hydrogen-bond acceptors (Lipinski definition) is 5. The predicted molar refractivity (Wildman–Crippen MR) is 70.9 cm³/mol. The molecule has 0 aliphatic carbocycles. The lowest BCUT2D eigenvalue weighted by Gasteiger charge is -2.11. The fourth-order valence-electron chi connectivity index (χ4n) is 1.39. The number of amides is 1. The smallest absolute Gasteiger partial charge is 0.338 e. The fraction of sp³-hybridized carbons (Fsp3) is 0.385. The van der Waals surface area contributed by atoms with Gasteiger partial charge in [0.2, 0.25) is 5.91 Å². The third-order valence-corrected chi connectivity index (χ3v) is 2.35. The summed E-state index contributed by atoms with van der Waals surface area (Å²) in [7, 11) is 1.47. The van der Waals surface area contributed by atoms with E-state index in [0.29, 0.717) is 17.9 Å². The fourth-order valence-corrected chi connectivity index (χ4v) is 1.39. The molecule has 0 heterocycles. The number of nitrogens with one attached hydrogen (secondary N) is 1. The molecule has 1 aromatic rings. The second-order valence-electron chi connectivity index (χ2n) is 3.85. The zero-order valence-corrected chi connectivity index (χ0v) is 11.0. The Morgan fingerprint density at radius 1 is 1.32 bits per heavy atom. The third-order valence-electron chi connectivity index (χ3n) is 2.35. The highest BCUT2D eigenvalue weighted by Gasteiger charge is 2.13. The van der Waals surface area contributed by atoms with E-state index in [9.17, 15) is 9.59 Å². The molecule has 0 fully saturated rings. The summed E-state index contributed by atoms with van der Waals surface area (Å²) in [4.78, 5) is 23.0. The quantitative estimate of drug-likeness (QED) is 0.742. The zero-order valence-electron chi connectivity index (χ0n) is 11.0. The second-order valence-corrected chi connectivity index (χ2v) is 3.85. The molecule has 0 aliphatic rings. The van der Waals surface area contributed by atoms with Gasteiger partial charge in [0.05, 0.1) is 18.8 Å². The molecule has 0 spiro atoms. The third kappa shape index (κ3) is 4.69. The molecule has 0 bridgehead atoms. The summed E-state index contributed by atoms with van der Waals surface area (Å²) in [5, 5.41) is 2.63. The van der Waals surface area contributed by atoms with Crippen molar-refractivity contribution in [2.75, 3.05) is 25.6 Å². The van der Waals surface area contributed by atoms with E-state index in [0.717, 1.165) is 0 Å². The Balaban J connectivity index is 2.62. The molecule has 0 saturated heterocycles. The highest BCUT2D eigenvalue weighted by molar-refractivity contribution is 5.95. The maximum atomic E-state index is 11.6. The molecule has 6 nitrogen and oxygen atoms in total. The van der Waals surface area contributed by atoms with Crippen LogP contribution in [0.2, 0.25) is 0 Å². The van der Waals surface area contributed by atoms with Gasteiger partial charge in [-0.15, -0.1) is 0 Å². The van der Waals surface area contributed by atoms with Crippen LogP contribution in [-0.2, 0) is 14.3 Å². The van der Waals surface area contributed by atoms with E-state index in [4.69, 9.17) is 15.2 Å². The summed E-state index contributed by atoms with van der Waals surface area (Å²) in [6, 6.07) is 5.66. The SMILES string of the molecule is CCOC(=O)c1ccc(NC(=O)C(N)COC)cc1. The summed E-state index contributed by atoms with van der Waals surface area (Å²) in [6.45, 7) is 2.21. The van der Waals surface area contributed by atoms with Crippen molar-refractivity contribution in [3.8, 4) is 0 Å². The lowest BCUT2D eigenvalue weighted by atomic mass is 10.2. The molecule has 0 aliphatic heterocycles. The lowest BCUT2D eigenvalue weighted by molar-refractivity contribution is -0.118. The van der Waals surface area contributed by atoms with Gasteiger partial charge in [0.15, 0.2) is 0 Å². The van der Waals surface area contributed by atoms with Gasteiger partial charge in [-0.05, 0) is 31.2 Å². The second kappa shape index (κ2) is 7.50. The first kappa shape index (κ1) is 15.1. The lowest BCUT2D eigenvalue weighted by Crippen LogP contribution is -2.39. The predicted octanol–water partition coefficient (Wildman–Crippen LogP) is 0.775. The molecule has 1 unspecified atom stereocenters. The number of carbonyl (C=O) groups is 2. The molecule has 1 aromatic carbocycles. The molecule has 104 valence electrons. The van der Waals surface area contributed by atoms with Gasteiger partial charge in [-0.3, -0.25) is 4.79 Å². The number of carbonyl (C=O) groups excluding carboxylic acids is 2. The molecular formula is C13H18N2O4. The Morgan fingerprint density at radius 2 is 1.95 bits per heavy atom. The van der Waals surface area contributed by atoms with Crippen molar-refractivity contribution in [2.24, 2.45) is 5.73 Å². The summed E-state index contributed by atoms with van der Waals surface area (Å²) in [5.41, 5.74) is 6.57. The van der Waals surface area contributed by atoms with Crippen molar-refractivity contribution < 1.29 is 19.1 Å². The van der Waals surface area contributed by atoms with Crippen LogP contribution in [0.4, 0.5) is 5.69 Å². The average molecular weight is 266 g/mol. The number of esters is 1. The van der Waals surface area contributed by atoms with Gasteiger partial charge in [-0.2, -0.15) is 0 Å². The van der Waals surface area contributed by atoms with E-state index >= 15 is 0 Å². The minimum Gasteiger partial charge on any atom is -0.462 e. The van der Waals surface area contributed by atoms with E-state index in [-0.39, 0.29) is 12.5 Å². The number of methoxy groups -OCH3 is 1. The Morgan fingerprint density at radius 3 is 2.47 bits per heavy atom. The van der Waals surface area contributed by atoms with Crippen molar-refractivity contribution in [2.45, 2.75) is 13.0 Å². The molecule has 3 N–H and O–H groups in total. The number of nitrogens with two attached hydrogens (primary N) is 1. The van der Waals surface area contributed by atoms with Gasteiger partial charge in [-0.1, -0.05) is 0 Å². The van der Waals surface area contributed by atoms with Crippen LogP contribution in [0.1, 0.15) is 17.3 Å². The maximum Gasteiger partial charge on any atom is 0.338 e. The number of rotatable bonds is 6. The van der Waals surface area contributed by atoms with Crippen LogP contribution in [0.25, 0.3) is 0 Å². The highest BCUT2D eigenvalue weighted by Crippen LogP contribution is 2.10. The van der Waals surface area contributed by atoms with E-state index < -0.39 is 12.0 Å². The Bertz CT molecular complexity index is 431. The van der Waals surface area contributed by atoms with Crippen LogP contribution in [-0.4, -0.2) is 38.2 Å². The summed E-state index contributed by atoms with van der Waals surface area (Å²) >= 11 is 0. The first-order valence-corrected chi connectivity index (χ1v) is 5.91. The number of ether oxygens (including phenoxy) is 2. The van der Waals surface area contributed by atoms with Crippen LogP contribution >= 0.6 is 0 Å². The first-order valence-electron chi connectivity index (χ1n) is 5.91. The van der Waals surface area contributed by atoms with Crippen LogP contribution < -0.4 is 11.1 Å². The molecule has 1 amide bonds. The van der Waals surface area contributed by atoms with Crippen LogP contribution in [0.15, 0.2) is 24.3 Å². The van der Waals surface area contributed by atoms with Crippen molar-refractivity contribution in [3.63, 3.8) is 0 Å². The summed E-state index contributed by atoms with van der Waals surface area (Å²) in [6.07, 6.45) is 0. The molecule has 6 heteroatoms. The van der Waals surface area contributed by atoms with Gasteiger partial charge in [0.1, 0.15) is 6.04 Å². The minimum absolute atomic E-state index is 0.146. The average Bonchev–Trinajstić information content (AvgIpc) is 2.40. The van der Waals surface area contributed by atoms with Gasteiger partial charge >= 0.3 is 5.97 Å². The molecular weight excluding hydrogens is 248 g/mol. The molecule has 0 radical (unpaired) electrons. The summed E-state index contributed by atoms with van der Waals surface area (Å²) < 4.78 is 9.65. The van der Waals surface area contributed by atoms with Crippen molar-refractivity contribution in [1.29, 1.82) is 0 Å². The summed E-state index contributed by atoms with van der Waals surface area (Å²) in [5.74, 6) is -0.734. The van der Waals surface area contributed by atoms with Crippen LogP contribution in [0.5, 0.6) is 0 Å². The van der Waals surface area contributed by atoms with E-state index in [1.807, 2.05) is 0 Å². The first-order chi connectivity index (χ1) is 9.08. The largest absolute Gasteiger partial charge is 0.462 e. The molecule has 0 saturated carbocycles. The van der Waals surface area contributed by atoms with E-state index in [1.165, 1.54) is 7.11 Å². The van der Waals surface area contributed by atoms with Crippen molar-refractivity contribution in [1.82, 2.24) is 0 Å². The van der Waals surface area contributed by atoms with E-state index in [2.05, 4.69) is 5.32 Å². The van der Waals surface area contributed by atoms with E-state index in [1.54, 1.807) is 31.2 Å². The van der Waals surface area contributed by atoms with Gasteiger partial charge in [-0.25, -0.2) is 4.79 Å². The maximum absolute atomic E-state index is 11.6. The van der Waals surface area contributed by atoms with Gasteiger partial charge < -0.3 is 20.5 Å². The van der Waals surface area contributed by atoms with Crippen LogP contribution in [0.3, 0.4) is 0 Å². The minimum atomic E-state index is -0.727. The monoisotopic (exact) mass is 266 g/mol. The molecule has 19 heavy (non-hydrogen) atoms. The normalized spacial score (nSPS) is 11.7.